The molecule has 0 amide bonds. The second-order valence-corrected chi connectivity index (χ2v) is 6.16. The lowest BCUT2D eigenvalue weighted by molar-refractivity contribution is -0.133. The molecular weight excluding hydrogens is 401 g/mol. The van der Waals surface area contributed by atoms with Gasteiger partial charge in [-0.3, -0.25) is 4.79 Å². The highest BCUT2D eigenvalue weighted by atomic mass is 127. The van der Waals surface area contributed by atoms with Crippen molar-refractivity contribution in [1.29, 1.82) is 0 Å². The zero-order valence-corrected chi connectivity index (χ0v) is 13.5. The van der Waals surface area contributed by atoms with E-state index in [0.717, 1.165) is 20.9 Å². The maximum atomic E-state index is 10.5. The van der Waals surface area contributed by atoms with Crippen LogP contribution in [0.5, 0.6) is 0 Å². The highest BCUT2D eigenvalue weighted by molar-refractivity contribution is 14.1. The molecule has 0 spiro atoms. The van der Waals surface area contributed by atoms with Crippen molar-refractivity contribution in [2.24, 2.45) is 7.05 Å². The van der Waals surface area contributed by atoms with Crippen molar-refractivity contribution in [1.82, 2.24) is 14.8 Å². The van der Waals surface area contributed by atoms with Crippen LogP contribution in [0, 0.1) is 3.57 Å². The molecule has 0 bridgehead atoms. The van der Waals surface area contributed by atoms with Gasteiger partial charge in [-0.15, -0.1) is 0 Å². The molecule has 1 N–H and O–H groups in total. The highest BCUT2D eigenvalue weighted by Gasteiger charge is 2.12. The Balaban J connectivity index is 2.28. The van der Waals surface area contributed by atoms with Crippen LogP contribution in [0.4, 0.5) is 0 Å². The molecule has 0 saturated heterocycles. The Morgan fingerprint density at radius 1 is 1.58 bits per heavy atom. The molecule has 2 rings (SSSR count). The Kier molecular flexibility index (Phi) is 4.69. The van der Waals surface area contributed by atoms with Gasteiger partial charge in [0, 0.05) is 16.2 Å². The smallest absolute Gasteiger partial charge is 0.313 e. The van der Waals surface area contributed by atoms with Gasteiger partial charge in [0.25, 0.3) is 0 Å². The molecule has 0 fully saturated rings. The molecule has 0 unspecified atom stereocenters. The van der Waals surface area contributed by atoms with Gasteiger partial charge in [-0.2, -0.15) is 5.10 Å². The minimum Gasteiger partial charge on any atom is -0.481 e. The third-order valence-corrected chi connectivity index (χ3v) is 4.80. The molecule has 0 atom stereocenters. The Morgan fingerprint density at radius 3 is 2.95 bits per heavy atom. The Bertz CT molecular complexity index is 632. The highest BCUT2D eigenvalue weighted by Crippen LogP contribution is 2.26. The first-order chi connectivity index (χ1) is 8.97. The van der Waals surface area contributed by atoms with E-state index >= 15 is 0 Å². The zero-order valence-electron chi connectivity index (χ0n) is 9.80. The molecule has 100 valence electrons. The van der Waals surface area contributed by atoms with Gasteiger partial charge >= 0.3 is 5.97 Å². The Labute approximate surface area is 132 Å². The minimum absolute atomic E-state index is 0.0422. The van der Waals surface area contributed by atoms with Gasteiger partial charge in [-0.1, -0.05) is 23.4 Å². The first kappa shape index (κ1) is 14.6. The minimum atomic E-state index is -0.883. The molecule has 0 aliphatic rings. The molecular formula is C11H9ClIN3O2S. The van der Waals surface area contributed by atoms with Crippen LogP contribution in [0.25, 0.3) is 11.4 Å². The van der Waals surface area contributed by atoms with Gasteiger partial charge in [0.1, 0.15) is 0 Å². The number of nitrogens with zero attached hydrogens (tertiary/aromatic N) is 3. The first-order valence-electron chi connectivity index (χ1n) is 5.18. The summed E-state index contributed by atoms with van der Waals surface area (Å²) in [5.74, 6) is -0.389. The molecule has 1 aromatic heterocycles. The van der Waals surface area contributed by atoms with E-state index < -0.39 is 5.97 Å². The second kappa shape index (κ2) is 6.10. The average Bonchev–Trinajstić information content (AvgIpc) is 2.71. The third kappa shape index (κ3) is 3.61. The fraction of sp³-hybridized carbons (Fsp3) is 0.182. The maximum absolute atomic E-state index is 10.5. The molecule has 5 nitrogen and oxygen atoms in total. The summed E-state index contributed by atoms with van der Waals surface area (Å²) in [5.41, 5.74) is 0.809. The quantitative estimate of drug-likeness (QED) is 0.621. The third-order valence-electron chi connectivity index (χ3n) is 2.23. The fourth-order valence-corrected chi connectivity index (χ4v) is 2.53. The monoisotopic (exact) mass is 409 g/mol. The molecule has 0 aliphatic carbocycles. The number of carboxylic acid groups (broad SMARTS) is 1. The number of thioether (sulfide) groups is 1. The lowest BCUT2D eigenvalue weighted by Gasteiger charge is -1.98. The van der Waals surface area contributed by atoms with Gasteiger partial charge in [0.2, 0.25) is 0 Å². The molecule has 0 aliphatic heterocycles. The van der Waals surface area contributed by atoms with Crippen LogP contribution in [0.15, 0.2) is 23.4 Å². The normalized spacial score (nSPS) is 10.7. The van der Waals surface area contributed by atoms with Crippen LogP contribution < -0.4 is 0 Å². The van der Waals surface area contributed by atoms with Crippen molar-refractivity contribution in [3.05, 3.63) is 26.8 Å². The summed E-state index contributed by atoms with van der Waals surface area (Å²) in [5, 5.41) is 14.1. The molecule has 1 aromatic carbocycles. The fourth-order valence-electron chi connectivity index (χ4n) is 1.38. The molecule has 0 saturated carbocycles. The number of benzene rings is 1. The average molecular weight is 410 g/mol. The van der Waals surface area contributed by atoms with E-state index in [4.69, 9.17) is 16.7 Å². The molecule has 0 radical (unpaired) electrons. The van der Waals surface area contributed by atoms with Crippen molar-refractivity contribution in [2.75, 3.05) is 5.75 Å². The van der Waals surface area contributed by atoms with E-state index in [1.807, 2.05) is 12.1 Å². The number of halogens is 2. The van der Waals surface area contributed by atoms with E-state index in [-0.39, 0.29) is 5.75 Å². The van der Waals surface area contributed by atoms with Crippen LogP contribution >= 0.6 is 46.0 Å². The van der Waals surface area contributed by atoms with Gasteiger partial charge in [-0.05, 0) is 40.8 Å². The van der Waals surface area contributed by atoms with E-state index in [9.17, 15) is 4.79 Å². The molecule has 1 heterocycles. The molecule has 2 aromatic rings. The number of aliphatic carboxylic acids is 1. The summed E-state index contributed by atoms with van der Waals surface area (Å²) >= 11 is 9.34. The maximum Gasteiger partial charge on any atom is 0.313 e. The van der Waals surface area contributed by atoms with E-state index in [2.05, 4.69) is 32.7 Å². The van der Waals surface area contributed by atoms with E-state index in [1.165, 1.54) is 0 Å². The number of carbonyl (C=O) groups is 1. The van der Waals surface area contributed by atoms with E-state index in [1.54, 1.807) is 17.8 Å². The summed E-state index contributed by atoms with van der Waals surface area (Å²) < 4.78 is 2.52. The largest absolute Gasteiger partial charge is 0.481 e. The van der Waals surface area contributed by atoms with Gasteiger partial charge in [0.15, 0.2) is 11.0 Å². The topological polar surface area (TPSA) is 68.0 Å². The predicted molar refractivity (Wildman–Crippen MR) is 82.5 cm³/mol. The van der Waals surface area contributed by atoms with Gasteiger partial charge in [0.05, 0.1) is 10.8 Å². The summed E-state index contributed by atoms with van der Waals surface area (Å²) in [6, 6.07) is 5.57. The number of aryl methyl sites for hydroxylation is 1. The van der Waals surface area contributed by atoms with Gasteiger partial charge < -0.3 is 5.11 Å². The summed E-state index contributed by atoms with van der Waals surface area (Å²) in [7, 11) is 1.73. The summed E-state index contributed by atoms with van der Waals surface area (Å²) in [6.07, 6.45) is 0. The van der Waals surface area contributed by atoms with Crippen molar-refractivity contribution in [3.63, 3.8) is 0 Å². The second-order valence-electron chi connectivity index (χ2n) is 3.65. The van der Waals surface area contributed by atoms with Crippen LogP contribution in [0.1, 0.15) is 0 Å². The lowest BCUT2D eigenvalue weighted by Crippen LogP contribution is -2.00. The van der Waals surface area contributed by atoms with E-state index in [0.29, 0.717) is 16.0 Å². The van der Waals surface area contributed by atoms with Crippen LogP contribution in [-0.2, 0) is 11.8 Å². The number of hydrogen-bond acceptors (Lipinski definition) is 4. The summed E-state index contributed by atoms with van der Waals surface area (Å²) in [4.78, 5) is 14.9. The molecule has 19 heavy (non-hydrogen) atoms. The Hall–Kier alpha value is -0.800. The van der Waals surface area contributed by atoms with Crippen molar-refractivity contribution < 1.29 is 9.90 Å². The van der Waals surface area contributed by atoms with Crippen LogP contribution in [0.2, 0.25) is 5.02 Å². The lowest BCUT2D eigenvalue weighted by atomic mass is 10.2. The zero-order chi connectivity index (χ0) is 14.0. The van der Waals surface area contributed by atoms with Crippen molar-refractivity contribution in [2.45, 2.75) is 5.16 Å². The SMILES string of the molecule is Cn1nc(-c2ccc(I)c(Cl)c2)nc1SCC(=O)O. The van der Waals surface area contributed by atoms with Crippen LogP contribution in [-0.4, -0.2) is 31.6 Å². The number of carboxylic acids is 1. The number of rotatable bonds is 4. The number of hydrogen-bond donors (Lipinski definition) is 1. The number of aromatic nitrogens is 3. The van der Waals surface area contributed by atoms with Crippen molar-refractivity contribution >= 4 is 51.9 Å². The standard InChI is InChI=1S/C11H9ClIN3O2S/c1-16-11(19-5-9(17)18)14-10(15-16)6-2-3-8(13)7(12)4-6/h2-4H,5H2,1H3,(H,17,18). The summed E-state index contributed by atoms with van der Waals surface area (Å²) in [6.45, 7) is 0. The molecule has 8 heteroatoms. The van der Waals surface area contributed by atoms with Crippen LogP contribution in [0.3, 0.4) is 0 Å². The van der Waals surface area contributed by atoms with Crippen molar-refractivity contribution in [3.8, 4) is 11.4 Å². The first-order valence-corrected chi connectivity index (χ1v) is 7.62. The Morgan fingerprint density at radius 2 is 2.32 bits per heavy atom. The van der Waals surface area contributed by atoms with Gasteiger partial charge in [-0.25, -0.2) is 9.67 Å². The predicted octanol–water partition coefficient (Wildman–Crippen LogP) is 2.92.